The van der Waals surface area contributed by atoms with Crippen LogP contribution in [0.2, 0.25) is 5.02 Å². The van der Waals surface area contributed by atoms with Gasteiger partial charge in [-0.05, 0) is 36.9 Å². The third-order valence-corrected chi connectivity index (χ3v) is 5.55. The summed E-state index contributed by atoms with van der Waals surface area (Å²) in [6.45, 7) is 0.549. The summed E-state index contributed by atoms with van der Waals surface area (Å²) >= 11 is 6.28. The average molecular weight is 471 g/mol. The van der Waals surface area contributed by atoms with E-state index in [4.69, 9.17) is 11.6 Å². The van der Waals surface area contributed by atoms with Gasteiger partial charge in [0, 0.05) is 35.7 Å². The van der Waals surface area contributed by atoms with Crippen LogP contribution in [-0.4, -0.2) is 24.4 Å². The van der Waals surface area contributed by atoms with Gasteiger partial charge in [0.15, 0.2) is 0 Å². The van der Waals surface area contributed by atoms with Crippen molar-refractivity contribution in [3.05, 3.63) is 71.6 Å². The van der Waals surface area contributed by atoms with Crippen molar-refractivity contribution < 1.29 is 8.42 Å². The number of pyridine rings is 1. The van der Waals surface area contributed by atoms with Gasteiger partial charge in [-0.3, -0.25) is 4.98 Å². The quantitative estimate of drug-likeness (QED) is 0.599. The lowest BCUT2D eigenvalue weighted by atomic mass is 10.1. The van der Waals surface area contributed by atoms with Crippen molar-refractivity contribution in [3.8, 4) is 11.3 Å². The Morgan fingerprint density at radius 2 is 1.81 bits per heavy atom. The summed E-state index contributed by atoms with van der Waals surface area (Å²) in [4.78, 5) is 4.04. The maximum Gasteiger partial charge on any atom is 0.269 e. The van der Waals surface area contributed by atoms with Gasteiger partial charge in [0.1, 0.15) is 4.90 Å². The second-order valence-electron chi connectivity index (χ2n) is 5.23. The maximum absolute atomic E-state index is 13.0. The van der Waals surface area contributed by atoms with Crippen molar-refractivity contribution in [2.24, 2.45) is 0 Å². The van der Waals surface area contributed by atoms with Crippen LogP contribution in [0.4, 0.5) is 0 Å². The highest BCUT2D eigenvalue weighted by molar-refractivity contribution is 7.90. The van der Waals surface area contributed by atoms with Crippen LogP contribution in [0.15, 0.2) is 66.0 Å². The van der Waals surface area contributed by atoms with Crippen LogP contribution < -0.4 is 5.32 Å². The number of nitrogens with one attached hydrogen (secondary N) is 1. The highest BCUT2D eigenvalue weighted by Crippen LogP contribution is 2.31. The molecular formula is C17H19Cl4N3O2S. The number of hydrogen-bond acceptors (Lipinski definition) is 4. The number of hydrogen-bond donors (Lipinski definition) is 1. The third kappa shape index (κ3) is 5.38. The molecule has 5 nitrogen and oxygen atoms in total. The molecule has 0 saturated heterocycles. The third-order valence-electron chi connectivity index (χ3n) is 3.56. The van der Waals surface area contributed by atoms with Gasteiger partial charge in [-0.15, -0.1) is 37.2 Å². The van der Waals surface area contributed by atoms with Crippen molar-refractivity contribution in [2.45, 2.75) is 11.4 Å². The molecule has 3 rings (SSSR count). The predicted molar refractivity (Wildman–Crippen MR) is 116 cm³/mol. The summed E-state index contributed by atoms with van der Waals surface area (Å²) in [7, 11) is -1.96. The van der Waals surface area contributed by atoms with Gasteiger partial charge in [0.05, 0.1) is 5.69 Å². The van der Waals surface area contributed by atoms with Gasteiger partial charge < -0.3 is 5.32 Å². The fraction of sp³-hybridized carbons (Fsp3) is 0.118. The molecule has 2 heterocycles. The Morgan fingerprint density at radius 1 is 1.11 bits per heavy atom. The lowest BCUT2D eigenvalue weighted by Crippen LogP contribution is -2.13. The zero-order valence-corrected chi connectivity index (χ0v) is 18.2. The van der Waals surface area contributed by atoms with E-state index in [1.807, 2.05) is 25.2 Å². The van der Waals surface area contributed by atoms with E-state index in [2.05, 4.69) is 10.3 Å². The molecule has 0 spiro atoms. The summed E-state index contributed by atoms with van der Waals surface area (Å²) in [5, 5.41) is 3.52. The Kier molecular flexibility index (Phi) is 10.4. The Labute approximate surface area is 182 Å². The van der Waals surface area contributed by atoms with Crippen molar-refractivity contribution in [1.82, 2.24) is 14.3 Å². The standard InChI is InChI=1S/C17H16ClN3O2S.3ClH/c1-19-10-13-9-17(15-6-2-3-7-16(15)18)21(12-13)24(22,23)14-5-4-8-20-11-14;;;/h2-9,11-12,19H,10H2,1H3;3*1H. The molecule has 0 atom stereocenters. The molecule has 0 aliphatic heterocycles. The molecule has 0 aliphatic carbocycles. The number of nitrogens with zero attached hydrogens (tertiary/aromatic N) is 2. The van der Waals surface area contributed by atoms with E-state index in [0.29, 0.717) is 22.8 Å². The summed E-state index contributed by atoms with van der Waals surface area (Å²) in [5.41, 5.74) is 2.03. The lowest BCUT2D eigenvalue weighted by Gasteiger charge is -2.11. The van der Waals surface area contributed by atoms with E-state index in [-0.39, 0.29) is 42.1 Å². The predicted octanol–water partition coefficient (Wildman–Crippen LogP) is 4.43. The molecule has 3 aromatic rings. The van der Waals surface area contributed by atoms with Crippen molar-refractivity contribution >= 4 is 58.8 Å². The zero-order valence-electron chi connectivity index (χ0n) is 14.2. The first-order valence-corrected chi connectivity index (χ1v) is 9.12. The van der Waals surface area contributed by atoms with Gasteiger partial charge in [-0.1, -0.05) is 29.8 Å². The molecule has 1 aromatic carbocycles. The summed E-state index contributed by atoms with van der Waals surface area (Å²) in [5.74, 6) is 0. The van der Waals surface area contributed by atoms with Crippen LogP contribution in [-0.2, 0) is 16.6 Å². The van der Waals surface area contributed by atoms with E-state index >= 15 is 0 Å². The highest BCUT2D eigenvalue weighted by Gasteiger charge is 2.22. The van der Waals surface area contributed by atoms with Crippen molar-refractivity contribution in [2.75, 3.05) is 7.05 Å². The number of benzene rings is 1. The summed E-state index contributed by atoms with van der Waals surface area (Å²) in [6, 6.07) is 12.1. The number of halogens is 4. The lowest BCUT2D eigenvalue weighted by molar-refractivity contribution is 0.587. The number of aromatic nitrogens is 2. The van der Waals surface area contributed by atoms with Gasteiger partial charge in [0.25, 0.3) is 10.0 Å². The topological polar surface area (TPSA) is 64.0 Å². The zero-order chi connectivity index (χ0) is 17.2. The van der Waals surface area contributed by atoms with Crippen LogP contribution >= 0.6 is 48.8 Å². The Morgan fingerprint density at radius 3 is 2.41 bits per heavy atom. The molecular weight excluding hydrogens is 452 g/mol. The van der Waals surface area contributed by atoms with Gasteiger partial charge in [-0.2, -0.15) is 0 Å². The maximum atomic E-state index is 13.0. The molecule has 1 N–H and O–H groups in total. The van der Waals surface area contributed by atoms with E-state index in [9.17, 15) is 8.42 Å². The van der Waals surface area contributed by atoms with Crippen LogP contribution in [0.5, 0.6) is 0 Å². The second kappa shape index (κ2) is 10.9. The molecule has 2 aromatic heterocycles. The molecule has 0 aliphatic rings. The second-order valence-corrected chi connectivity index (χ2v) is 7.46. The molecule has 0 radical (unpaired) electrons. The highest BCUT2D eigenvalue weighted by atomic mass is 35.5. The van der Waals surface area contributed by atoms with Crippen LogP contribution in [0.1, 0.15) is 5.56 Å². The van der Waals surface area contributed by atoms with Gasteiger partial charge >= 0.3 is 0 Å². The summed E-state index contributed by atoms with van der Waals surface area (Å²) in [6.07, 6.45) is 4.48. The minimum Gasteiger partial charge on any atom is -0.316 e. The number of rotatable bonds is 5. The van der Waals surface area contributed by atoms with Crippen LogP contribution in [0.25, 0.3) is 11.3 Å². The monoisotopic (exact) mass is 469 g/mol. The summed E-state index contributed by atoms with van der Waals surface area (Å²) < 4.78 is 27.3. The Balaban J connectivity index is 0.00000225. The van der Waals surface area contributed by atoms with E-state index in [1.54, 1.807) is 24.4 Å². The van der Waals surface area contributed by atoms with Crippen LogP contribution in [0.3, 0.4) is 0 Å². The smallest absolute Gasteiger partial charge is 0.269 e. The minimum atomic E-state index is -3.76. The van der Waals surface area contributed by atoms with E-state index < -0.39 is 10.0 Å². The fourth-order valence-corrected chi connectivity index (χ4v) is 4.06. The Hall–Kier alpha value is -1.28. The average Bonchev–Trinajstić information content (AvgIpc) is 3.01. The van der Waals surface area contributed by atoms with E-state index in [1.165, 1.54) is 22.4 Å². The largest absolute Gasteiger partial charge is 0.316 e. The molecule has 10 heteroatoms. The molecule has 27 heavy (non-hydrogen) atoms. The molecule has 0 saturated carbocycles. The molecule has 0 bridgehead atoms. The van der Waals surface area contributed by atoms with Crippen molar-refractivity contribution in [1.29, 1.82) is 0 Å². The normalized spacial score (nSPS) is 10.3. The first-order chi connectivity index (χ1) is 11.5. The van der Waals surface area contributed by atoms with Crippen molar-refractivity contribution in [3.63, 3.8) is 0 Å². The van der Waals surface area contributed by atoms with Gasteiger partial charge in [0.2, 0.25) is 0 Å². The van der Waals surface area contributed by atoms with Crippen LogP contribution in [0, 0.1) is 0 Å². The fourth-order valence-electron chi connectivity index (χ4n) is 2.47. The Bertz CT molecular complexity index is 963. The first-order valence-electron chi connectivity index (χ1n) is 7.30. The SMILES string of the molecule is CNCc1cc(-c2ccccc2Cl)n(S(=O)(=O)c2cccnc2)c1.Cl.Cl.Cl. The van der Waals surface area contributed by atoms with Gasteiger partial charge in [-0.25, -0.2) is 12.4 Å². The molecule has 0 unspecified atom stereocenters. The first kappa shape index (κ1) is 25.7. The molecule has 148 valence electrons. The molecule has 0 fully saturated rings. The minimum absolute atomic E-state index is 0. The van der Waals surface area contributed by atoms with E-state index in [0.717, 1.165) is 5.56 Å². The molecule has 0 amide bonds.